The lowest BCUT2D eigenvalue weighted by molar-refractivity contribution is 0.486. The lowest BCUT2D eigenvalue weighted by Crippen LogP contribution is -2.58. The van der Waals surface area contributed by atoms with Crippen LogP contribution in [0.1, 0.15) is 0 Å². The van der Waals surface area contributed by atoms with Crippen LogP contribution in [0, 0.1) is 0 Å². The zero-order chi connectivity index (χ0) is 40.7. The van der Waals surface area contributed by atoms with Crippen LogP contribution in [0.3, 0.4) is 0 Å². The summed E-state index contributed by atoms with van der Waals surface area (Å²) in [6.45, 7) is 0.109. The molecule has 9 heteroatoms. The SMILES string of the molecule is c1ccc2c(c1)Sc1cccc3c1B2c1cc2c(cc1O3)c1c3c(ccc1c1ccc4c(c12)Oc1cccc2c1B4c1ccccc1S2)B1c2ccccc2Sc2cccc(c21)O3. The number of fused-ring (bicyclic) bond motifs is 20. The standard InChI is InChI=1S/C54H27B3O3S3/c1-4-16-42-32(10-1)55-35-24-22-28-29-23-25-36-54(60-40-15-9-21-47-52(40)56(36)33-11-2-5-17-43(33)62-47)49(29)31-27-41-37(26-30(31)48(28)53(35)59-39-14-8-20-46(61-42)51(39)55)57-34-12-3-6-18-44(34)63-45-19-7-13-38(58-41)50(45)57/h1-27H. The monoisotopic (exact) mass is 852 g/mol. The van der Waals surface area contributed by atoms with E-state index in [9.17, 15) is 0 Å². The van der Waals surface area contributed by atoms with Crippen LogP contribution < -0.4 is 63.4 Å². The van der Waals surface area contributed by atoms with E-state index in [1.54, 1.807) is 0 Å². The van der Waals surface area contributed by atoms with Crippen LogP contribution in [-0.2, 0) is 0 Å². The zero-order valence-electron chi connectivity index (χ0n) is 33.3. The van der Waals surface area contributed by atoms with E-state index in [0.717, 1.165) is 66.8 Å². The molecule has 6 aliphatic rings. The molecule has 10 aromatic rings. The normalized spacial score (nSPS) is 14.8. The van der Waals surface area contributed by atoms with Gasteiger partial charge in [0.1, 0.15) is 34.5 Å². The highest BCUT2D eigenvalue weighted by Gasteiger charge is 2.44. The third-order valence-electron chi connectivity index (χ3n) is 14.2. The van der Waals surface area contributed by atoms with Crippen molar-refractivity contribution < 1.29 is 14.2 Å². The van der Waals surface area contributed by atoms with E-state index >= 15 is 0 Å². The summed E-state index contributed by atoms with van der Waals surface area (Å²) in [5, 5.41) is 6.75. The minimum atomic E-state index is 0.0148. The second-order valence-electron chi connectivity index (χ2n) is 17.3. The molecule has 0 amide bonds. The Labute approximate surface area is 376 Å². The van der Waals surface area contributed by atoms with Gasteiger partial charge in [-0.25, -0.2) is 0 Å². The smallest absolute Gasteiger partial charge is 0.253 e. The van der Waals surface area contributed by atoms with Crippen LogP contribution in [-0.4, -0.2) is 20.1 Å². The first-order valence-electron chi connectivity index (χ1n) is 21.5. The molecule has 0 bridgehead atoms. The van der Waals surface area contributed by atoms with Gasteiger partial charge in [-0.05, 0) is 115 Å². The van der Waals surface area contributed by atoms with Crippen LogP contribution in [0.15, 0.2) is 193 Å². The van der Waals surface area contributed by atoms with Gasteiger partial charge in [0.2, 0.25) is 0 Å². The lowest BCUT2D eigenvalue weighted by atomic mass is 9.35. The molecule has 16 rings (SSSR count). The maximum Gasteiger partial charge on any atom is 0.253 e. The summed E-state index contributed by atoms with van der Waals surface area (Å²) < 4.78 is 21.7. The summed E-state index contributed by atoms with van der Waals surface area (Å²) in [6, 6.07) is 60.5. The molecule has 0 saturated carbocycles. The first-order valence-corrected chi connectivity index (χ1v) is 23.9. The van der Waals surface area contributed by atoms with E-state index in [0.29, 0.717) is 0 Å². The fourth-order valence-corrected chi connectivity index (χ4v) is 15.2. The predicted molar refractivity (Wildman–Crippen MR) is 264 cm³/mol. The van der Waals surface area contributed by atoms with Gasteiger partial charge in [-0.3, -0.25) is 0 Å². The van der Waals surface area contributed by atoms with Gasteiger partial charge in [0.05, 0.1) is 0 Å². The molecule has 0 spiro atoms. The van der Waals surface area contributed by atoms with Gasteiger partial charge in [0, 0.05) is 40.1 Å². The zero-order valence-corrected chi connectivity index (χ0v) is 35.7. The molecular formula is C54H27B3O3S3. The largest absolute Gasteiger partial charge is 0.458 e. The number of hydrogen-bond acceptors (Lipinski definition) is 6. The van der Waals surface area contributed by atoms with Crippen molar-refractivity contribution in [2.24, 2.45) is 0 Å². The highest BCUT2D eigenvalue weighted by molar-refractivity contribution is 8.00. The maximum atomic E-state index is 7.32. The van der Waals surface area contributed by atoms with Crippen LogP contribution in [0.4, 0.5) is 0 Å². The molecule has 0 atom stereocenters. The third kappa shape index (κ3) is 4.40. The summed E-state index contributed by atoms with van der Waals surface area (Å²) in [5.74, 6) is 5.51. The molecule has 288 valence electrons. The van der Waals surface area contributed by atoms with Crippen LogP contribution in [0.2, 0.25) is 0 Å². The van der Waals surface area contributed by atoms with Gasteiger partial charge in [0.25, 0.3) is 20.1 Å². The van der Waals surface area contributed by atoms with Gasteiger partial charge in [-0.2, -0.15) is 0 Å². The maximum absolute atomic E-state index is 7.32. The molecule has 0 unspecified atom stereocenters. The van der Waals surface area contributed by atoms with Crippen LogP contribution >= 0.6 is 35.3 Å². The topological polar surface area (TPSA) is 27.7 Å². The van der Waals surface area contributed by atoms with E-state index in [1.807, 2.05) is 35.3 Å². The number of hydrogen-bond donors (Lipinski definition) is 0. The quantitative estimate of drug-likeness (QED) is 0.113. The Morgan fingerprint density at radius 3 is 1.16 bits per heavy atom. The molecule has 0 radical (unpaired) electrons. The van der Waals surface area contributed by atoms with Crippen molar-refractivity contribution in [2.45, 2.75) is 29.4 Å². The van der Waals surface area contributed by atoms with Crippen molar-refractivity contribution in [1.82, 2.24) is 0 Å². The minimum absolute atomic E-state index is 0.0148. The molecule has 6 heterocycles. The molecule has 0 fully saturated rings. The van der Waals surface area contributed by atoms with E-state index in [1.165, 1.54) is 78.5 Å². The van der Waals surface area contributed by atoms with E-state index in [2.05, 4.69) is 164 Å². The van der Waals surface area contributed by atoms with Gasteiger partial charge in [-0.1, -0.05) is 155 Å². The first-order chi connectivity index (χ1) is 31.2. The van der Waals surface area contributed by atoms with Gasteiger partial charge in [0.15, 0.2) is 0 Å². The van der Waals surface area contributed by atoms with Gasteiger partial charge < -0.3 is 14.2 Å². The number of rotatable bonds is 0. The average molecular weight is 852 g/mol. The Bertz CT molecular complexity index is 3810. The Morgan fingerprint density at radius 2 is 0.683 bits per heavy atom. The molecule has 63 heavy (non-hydrogen) atoms. The first kappa shape index (κ1) is 34.2. The second kappa shape index (κ2) is 12.2. The molecule has 0 aliphatic carbocycles. The highest BCUT2D eigenvalue weighted by atomic mass is 32.2. The van der Waals surface area contributed by atoms with E-state index in [-0.39, 0.29) is 20.1 Å². The molecule has 0 N–H and O–H groups in total. The second-order valence-corrected chi connectivity index (χ2v) is 20.5. The summed E-state index contributed by atoms with van der Waals surface area (Å²) in [5.41, 5.74) is 11.3. The van der Waals surface area contributed by atoms with Crippen molar-refractivity contribution in [3.63, 3.8) is 0 Å². The summed E-state index contributed by atoms with van der Waals surface area (Å²) >= 11 is 5.53. The van der Waals surface area contributed by atoms with Crippen LogP contribution in [0.5, 0.6) is 34.5 Å². The fraction of sp³-hybridized carbons (Fsp3) is 0. The van der Waals surface area contributed by atoms with Gasteiger partial charge >= 0.3 is 0 Å². The predicted octanol–water partition coefficient (Wildman–Crippen LogP) is 8.41. The summed E-state index contributed by atoms with van der Waals surface area (Å²) in [7, 11) is 0. The van der Waals surface area contributed by atoms with E-state index < -0.39 is 0 Å². The highest BCUT2D eigenvalue weighted by Crippen LogP contribution is 2.49. The van der Waals surface area contributed by atoms with Crippen molar-refractivity contribution in [3.05, 3.63) is 164 Å². The molecule has 0 saturated heterocycles. The minimum Gasteiger partial charge on any atom is -0.458 e. The Hall–Kier alpha value is -6.38. The van der Waals surface area contributed by atoms with Crippen molar-refractivity contribution in [1.29, 1.82) is 0 Å². The summed E-state index contributed by atoms with van der Waals surface area (Å²) in [6.07, 6.45) is 0. The van der Waals surface area contributed by atoms with Crippen molar-refractivity contribution in [2.75, 3.05) is 0 Å². The van der Waals surface area contributed by atoms with Crippen molar-refractivity contribution >= 4 is 137 Å². The lowest BCUT2D eigenvalue weighted by Gasteiger charge is -2.35. The Kier molecular flexibility index (Phi) is 6.62. The summed E-state index contributed by atoms with van der Waals surface area (Å²) in [4.78, 5) is 7.65. The average Bonchev–Trinajstić information content (AvgIpc) is 3.33. The molecular weight excluding hydrogens is 825 g/mol. The molecule has 10 aromatic carbocycles. The molecule has 6 aliphatic heterocycles. The van der Waals surface area contributed by atoms with Crippen LogP contribution in [0.25, 0.3) is 32.3 Å². The molecule has 0 aromatic heterocycles. The number of ether oxygens (including phenoxy) is 3. The Balaban J connectivity index is 1.05. The number of benzene rings is 10. The van der Waals surface area contributed by atoms with Crippen molar-refractivity contribution in [3.8, 4) is 34.5 Å². The third-order valence-corrected chi connectivity index (χ3v) is 17.7. The Morgan fingerprint density at radius 1 is 0.286 bits per heavy atom. The fourth-order valence-electron chi connectivity index (χ4n) is 11.7. The molecule has 3 nitrogen and oxygen atoms in total. The van der Waals surface area contributed by atoms with Gasteiger partial charge in [-0.15, -0.1) is 0 Å². The van der Waals surface area contributed by atoms with E-state index in [4.69, 9.17) is 14.2 Å².